The minimum Gasteiger partial charge on any atom is -0.468 e. The molecule has 0 aromatic heterocycles. The van der Waals surface area contributed by atoms with E-state index in [1.54, 1.807) is 0 Å². The van der Waals surface area contributed by atoms with Crippen LogP contribution in [-0.4, -0.2) is 51.1 Å². The molecule has 0 spiro atoms. The Labute approximate surface area is 102 Å². The van der Waals surface area contributed by atoms with Crippen molar-refractivity contribution in [3.63, 3.8) is 0 Å². The van der Waals surface area contributed by atoms with Gasteiger partial charge in [-0.2, -0.15) is 0 Å². The number of rotatable bonds is 4. The van der Waals surface area contributed by atoms with Crippen LogP contribution in [0.4, 0.5) is 0 Å². The van der Waals surface area contributed by atoms with Crippen molar-refractivity contribution in [3.05, 3.63) is 0 Å². The second-order valence-corrected chi connectivity index (χ2v) is 4.84. The van der Waals surface area contributed by atoms with E-state index in [2.05, 4.69) is 5.32 Å². The van der Waals surface area contributed by atoms with Crippen molar-refractivity contribution in [3.8, 4) is 0 Å². The number of carbonyl (C=O) groups excluding carboxylic acids is 1. The number of likely N-dealkylation sites (N-methyl/N-ethyl adjacent to an activating group) is 1. The van der Waals surface area contributed by atoms with Gasteiger partial charge in [-0.25, -0.2) is 0 Å². The molecular weight excluding hydrogens is 222 g/mol. The number of esters is 1. The summed E-state index contributed by atoms with van der Waals surface area (Å²) in [5, 5.41) is 3.12. The van der Waals surface area contributed by atoms with Crippen molar-refractivity contribution in [2.24, 2.45) is 0 Å². The topological polar surface area (TPSA) is 56.8 Å². The van der Waals surface area contributed by atoms with Crippen LogP contribution in [0.25, 0.3) is 0 Å². The highest BCUT2D eigenvalue weighted by Gasteiger charge is 2.43. The monoisotopic (exact) mass is 243 g/mol. The lowest BCUT2D eigenvalue weighted by molar-refractivity contribution is -0.173. The van der Waals surface area contributed by atoms with Gasteiger partial charge in [-0.05, 0) is 26.3 Å². The maximum atomic E-state index is 11.9. The summed E-state index contributed by atoms with van der Waals surface area (Å²) in [4.78, 5) is 11.9. The zero-order chi connectivity index (χ0) is 12.3. The molecule has 1 N–H and O–H groups in total. The Bertz CT molecular complexity index is 280. The molecule has 2 atom stereocenters. The molecule has 1 aliphatic heterocycles. The number of ether oxygens (including phenoxy) is 3. The van der Waals surface area contributed by atoms with E-state index >= 15 is 0 Å². The molecular formula is C12H21NO4. The van der Waals surface area contributed by atoms with Crippen molar-refractivity contribution in [2.75, 3.05) is 27.4 Å². The van der Waals surface area contributed by atoms with Crippen LogP contribution in [0.3, 0.4) is 0 Å². The van der Waals surface area contributed by atoms with Gasteiger partial charge in [-0.1, -0.05) is 0 Å². The first-order valence-electron chi connectivity index (χ1n) is 6.21. The van der Waals surface area contributed by atoms with Gasteiger partial charge in [0.2, 0.25) is 0 Å². The van der Waals surface area contributed by atoms with Gasteiger partial charge < -0.3 is 19.5 Å². The van der Waals surface area contributed by atoms with Crippen molar-refractivity contribution in [1.82, 2.24) is 5.32 Å². The van der Waals surface area contributed by atoms with Gasteiger partial charge in [0.1, 0.15) is 11.6 Å². The lowest BCUT2D eigenvalue weighted by Gasteiger charge is -2.40. The molecule has 2 aliphatic rings. The van der Waals surface area contributed by atoms with E-state index in [0.717, 1.165) is 19.3 Å². The highest BCUT2D eigenvalue weighted by atomic mass is 16.6. The third-order valence-electron chi connectivity index (χ3n) is 3.75. The Hall–Kier alpha value is -0.650. The largest absolute Gasteiger partial charge is 0.468 e. The average molecular weight is 243 g/mol. The van der Waals surface area contributed by atoms with E-state index in [-0.39, 0.29) is 18.2 Å². The standard InChI is InChI=1S/C12H21NO4/c1-13-12(11(14)15-2)5-3-4-9(6-12)17-10-7-16-8-10/h9-10,13H,3-8H2,1-2H3. The second kappa shape index (κ2) is 5.33. The molecule has 1 aliphatic carbocycles. The molecule has 2 rings (SSSR count). The summed E-state index contributed by atoms with van der Waals surface area (Å²) < 4.78 is 15.9. The Kier molecular flexibility index (Phi) is 4.01. The Balaban J connectivity index is 1.95. The first-order valence-corrected chi connectivity index (χ1v) is 6.21. The third kappa shape index (κ3) is 2.61. The Morgan fingerprint density at radius 2 is 2.18 bits per heavy atom. The average Bonchev–Trinajstić information content (AvgIpc) is 2.33. The van der Waals surface area contributed by atoms with E-state index in [0.29, 0.717) is 19.6 Å². The van der Waals surface area contributed by atoms with E-state index < -0.39 is 5.54 Å². The molecule has 1 heterocycles. The zero-order valence-corrected chi connectivity index (χ0v) is 10.5. The predicted octanol–water partition coefficient (Wildman–Crippen LogP) is 0.476. The number of methoxy groups -OCH3 is 1. The molecule has 0 radical (unpaired) electrons. The van der Waals surface area contributed by atoms with E-state index in [9.17, 15) is 4.79 Å². The number of hydrogen-bond donors (Lipinski definition) is 1. The van der Waals surface area contributed by atoms with Crippen LogP contribution in [0.1, 0.15) is 25.7 Å². The fraction of sp³-hybridized carbons (Fsp3) is 0.917. The lowest BCUT2D eigenvalue weighted by atomic mass is 9.80. The SMILES string of the molecule is CNC1(C(=O)OC)CCCC(OC2COC2)C1. The first-order chi connectivity index (χ1) is 8.20. The molecule has 0 bridgehead atoms. The minimum absolute atomic E-state index is 0.129. The Morgan fingerprint density at radius 1 is 1.41 bits per heavy atom. The molecule has 5 nitrogen and oxygen atoms in total. The summed E-state index contributed by atoms with van der Waals surface area (Å²) in [6, 6.07) is 0. The molecule has 17 heavy (non-hydrogen) atoms. The number of nitrogens with one attached hydrogen (secondary N) is 1. The smallest absolute Gasteiger partial charge is 0.326 e. The predicted molar refractivity (Wildman–Crippen MR) is 61.8 cm³/mol. The van der Waals surface area contributed by atoms with Crippen LogP contribution < -0.4 is 5.32 Å². The van der Waals surface area contributed by atoms with Crippen molar-refractivity contribution in [2.45, 2.75) is 43.4 Å². The van der Waals surface area contributed by atoms with E-state index in [4.69, 9.17) is 14.2 Å². The molecule has 2 unspecified atom stereocenters. The van der Waals surface area contributed by atoms with Crippen LogP contribution in [0.15, 0.2) is 0 Å². The summed E-state index contributed by atoms with van der Waals surface area (Å²) in [6.45, 7) is 1.36. The van der Waals surface area contributed by atoms with Crippen LogP contribution in [0, 0.1) is 0 Å². The molecule has 0 amide bonds. The van der Waals surface area contributed by atoms with E-state index in [1.807, 2.05) is 7.05 Å². The van der Waals surface area contributed by atoms with Gasteiger partial charge in [0.15, 0.2) is 0 Å². The number of carbonyl (C=O) groups is 1. The van der Waals surface area contributed by atoms with Gasteiger partial charge in [0, 0.05) is 6.42 Å². The highest BCUT2D eigenvalue weighted by molar-refractivity contribution is 5.80. The van der Waals surface area contributed by atoms with Crippen molar-refractivity contribution in [1.29, 1.82) is 0 Å². The number of hydrogen-bond acceptors (Lipinski definition) is 5. The highest BCUT2D eigenvalue weighted by Crippen LogP contribution is 2.32. The maximum Gasteiger partial charge on any atom is 0.326 e. The molecule has 0 aromatic rings. The zero-order valence-electron chi connectivity index (χ0n) is 10.5. The fourth-order valence-electron chi connectivity index (χ4n) is 2.62. The van der Waals surface area contributed by atoms with Crippen LogP contribution >= 0.6 is 0 Å². The maximum absolute atomic E-state index is 11.9. The van der Waals surface area contributed by atoms with Crippen LogP contribution in [0.5, 0.6) is 0 Å². The summed E-state index contributed by atoms with van der Waals surface area (Å²) in [6.07, 6.45) is 3.84. The second-order valence-electron chi connectivity index (χ2n) is 4.84. The van der Waals surface area contributed by atoms with Crippen LogP contribution in [-0.2, 0) is 19.0 Å². The van der Waals surface area contributed by atoms with Gasteiger partial charge >= 0.3 is 5.97 Å². The third-order valence-corrected chi connectivity index (χ3v) is 3.75. The normalized spacial score (nSPS) is 34.1. The molecule has 1 saturated heterocycles. The van der Waals surface area contributed by atoms with Gasteiger partial charge in [-0.15, -0.1) is 0 Å². The fourth-order valence-corrected chi connectivity index (χ4v) is 2.62. The summed E-state index contributed by atoms with van der Waals surface area (Å²) >= 11 is 0. The summed E-state index contributed by atoms with van der Waals surface area (Å²) in [5.41, 5.74) is -0.567. The first kappa shape index (κ1) is 12.8. The Morgan fingerprint density at radius 3 is 2.71 bits per heavy atom. The molecule has 98 valence electrons. The van der Waals surface area contributed by atoms with Crippen molar-refractivity contribution >= 4 is 5.97 Å². The quantitative estimate of drug-likeness (QED) is 0.728. The summed E-state index contributed by atoms with van der Waals surface area (Å²) in [5.74, 6) is -0.182. The van der Waals surface area contributed by atoms with Gasteiger partial charge in [0.25, 0.3) is 0 Å². The molecule has 5 heteroatoms. The lowest BCUT2D eigenvalue weighted by Crippen LogP contribution is -2.56. The molecule has 0 aromatic carbocycles. The van der Waals surface area contributed by atoms with Gasteiger partial charge in [0.05, 0.1) is 26.4 Å². The minimum atomic E-state index is -0.567. The summed E-state index contributed by atoms with van der Waals surface area (Å²) in [7, 11) is 3.25. The molecule has 1 saturated carbocycles. The van der Waals surface area contributed by atoms with Gasteiger partial charge in [-0.3, -0.25) is 4.79 Å². The van der Waals surface area contributed by atoms with Crippen molar-refractivity contribution < 1.29 is 19.0 Å². The van der Waals surface area contributed by atoms with Crippen LogP contribution in [0.2, 0.25) is 0 Å². The van der Waals surface area contributed by atoms with E-state index in [1.165, 1.54) is 7.11 Å². The molecule has 2 fully saturated rings.